The predicted octanol–water partition coefficient (Wildman–Crippen LogP) is 3.11. The fraction of sp³-hybridized carbons (Fsp3) is 0.500. The van der Waals surface area contributed by atoms with E-state index in [0.717, 1.165) is 17.7 Å². The number of carboxylic acid groups (broad SMARTS) is 1. The molecule has 3 nitrogen and oxygen atoms in total. The quantitative estimate of drug-likeness (QED) is 0.825. The molecule has 0 spiro atoms. The first-order valence-electron chi connectivity index (χ1n) is 6.00. The first kappa shape index (κ1) is 13.6. The third-order valence-corrected chi connectivity index (χ3v) is 2.99. The highest BCUT2D eigenvalue weighted by molar-refractivity contribution is 5.66. The van der Waals surface area contributed by atoms with Gasteiger partial charge in [0.25, 0.3) is 0 Å². The lowest BCUT2D eigenvalue weighted by atomic mass is 9.98. The van der Waals surface area contributed by atoms with Gasteiger partial charge in [0.1, 0.15) is 5.75 Å². The van der Waals surface area contributed by atoms with Gasteiger partial charge < -0.3 is 9.84 Å². The van der Waals surface area contributed by atoms with Gasteiger partial charge >= 0.3 is 5.97 Å². The first-order valence-corrected chi connectivity index (χ1v) is 6.00. The molecule has 0 bridgehead atoms. The van der Waals surface area contributed by atoms with Crippen molar-refractivity contribution in [3.63, 3.8) is 0 Å². The van der Waals surface area contributed by atoms with Gasteiger partial charge in [-0.3, -0.25) is 4.79 Å². The molecule has 3 heteroatoms. The molecule has 94 valence electrons. The van der Waals surface area contributed by atoms with Crippen LogP contribution in [-0.2, 0) is 11.2 Å². The average Bonchev–Trinajstić information content (AvgIpc) is 2.28. The summed E-state index contributed by atoms with van der Waals surface area (Å²) in [5.74, 6) is 0.192. The van der Waals surface area contributed by atoms with Crippen LogP contribution in [0.15, 0.2) is 12.1 Å². The van der Waals surface area contributed by atoms with E-state index in [2.05, 4.69) is 6.92 Å². The van der Waals surface area contributed by atoms with Crippen molar-refractivity contribution in [2.24, 2.45) is 0 Å². The standard InChI is InChI=1S/C14H20O3/c1-4-17-13-9-8-12(10(2)11(13)3)6-5-7-14(15)16/h8-9H,4-7H2,1-3H3,(H,15,16). The van der Waals surface area contributed by atoms with Crippen molar-refractivity contribution in [3.8, 4) is 5.75 Å². The number of ether oxygens (including phenoxy) is 1. The Bertz CT molecular complexity index is 397. The Morgan fingerprint density at radius 1 is 1.29 bits per heavy atom. The number of benzene rings is 1. The normalized spacial score (nSPS) is 10.3. The molecule has 17 heavy (non-hydrogen) atoms. The molecule has 1 rings (SSSR count). The summed E-state index contributed by atoms with van der Waals surface area (Å²) in [5.41, 5.74) is 3.58. The van der Waals surface area contributed by atoms with E-state index in [-0.39, 0.29) is 6.42 Å². The molecular formula is C14H20O3. The van der Waals surface area contributed by atoms with E-state index in [9.17, 15) is 4.79 Å². The van der Waals surface area contributed by atoms with Crippen molar-refractivity contribution in [3.05, 3.63) is 28.8 Å². The van der Waals surface area contributed by atoms with Crippen molar-refractivity contribution in [2.45, 2.75) is 40.0 Å². The van der Waals surface area contributed by atoms with Gasteiger partial charge in [-0.15, -0.1) is 0 Å². The Balaban J connectivity index is 2.74. The molecule has 0 aliphatic heterocycles. The number of rotatable bonds is 6. The van der Waals surface area contributed by atoms with Crippen LogP contribution in [0, 0.1) is 13.8 Å². The molecule has 0 atom stereocenters. The number of aryl methyl sites for hydroxylation is 1. The molecule has 0 amide bonds. The Hall–Kier alpha value is -1.51. The molecule has 0 unspecified atom stereocenters. The summed E-state index contributed by atoms with van der Waals surface area (Å²) in [5, 5.41) is 8.61. The first-order chi connectivity index (χ1) is 8.06. The van der Waals surface area contributed by atoms with E-state index < -0.39 is 5.97 Å². The fourth-order valence-corrected chi connectivity index (χ4v) is 1.86. The minimum absolute atomic E-state index is 0.228. The van der Waals surface area contributed by atoms with E-state index in [1.165, 1.54) is 11.1 Å². The molecule has 0 heterocycles. The molecule has 0 aliphatic carbocycles. The van der Waals surface area contributed by atoms with Gasteiger partial charge in [0, 0.05) is 6.42 Å². The minimum Gasteiger partial charge on any atom is -0.494 e. The molecule has 0 radical (unpaired) electrons. The average molecular weight is 236 g/mol. The topological polar surface area (TPSA) is 46.5 Å². The van der Waals surface area contributed by atoms with Gasteiger partial charge in [0.2, 0.25) is 0 Å². The molecule has 1 aromatic rings. The second-order valence-electron chi connectivity index (χ2n) is 4.15. The van der Waals surface area contributed by atoms with Crippen LogP contribution in [0.5, 0.6) is 5.75 Å². The van der Waals surface area contributed by atoms with Crippen LogP contribution in [0.2, 0.25) is 0 Å². The Kier molecular flexibility index (Phi) is 5.01. The molecule has 1 N–H and O–H groups in total. The second kappa shape index (κ2) is 6.28. The molecule has 1 aromatic carbocycles. The summed E-state index contributed by atoms with van der Waals surface area (Å²) in [7, 11) is 0. The number of carbonyl (C=O) groups is 1. The lowest BCUT2D eigenvalue weighted by Gasteiger charge is -2.13. The Morgan fingerprint density at radius 3 is 2.59 bits per heavy atom. The van der Waals surface area contributed by atoms with E-state index >= 15 is 0 Å². The number of hydrogen-bond donors (Lipinski definition) is 1. The molecule has 0 aromatic heterocycles. The number of hydrogen-bond acceptors (Lipinski definition) is 2. The highest BCUT2D eigenvalue weighted by Crippen LogP contribution is 2.25. The molecular weight excluding hydrogens is 216 g/mol. The van der Waals surface area contributed by atoms with E-state index in [1.807, 2.05) is 26.0 Å². The number of aliphatic carboxylic acids is 1. The van der Waals surface area contributed by atoms with Gasteiger partial charge in [-0.05, 0) is 56.4 Å². The van der Waals surface area contributed by atoms with Crippen LogP contribution >= 0.6 is 0 Å². The van der Waals surface area contributed by atoms with Crippen molar-refractivity contribution in [2.75, 3.05) is 6.61 Å². The third kappa shape index (κ3) is 3.77. The van der Waals surface area contributed by atoms with Crippen molar-refractivity contribution >= 4 is 5.97 Å². The number of carboxylic acids is 1. The summed E-state index contributed by atoms with van der Waals surface area (Å²) >= 11 is 0. The molecule has 0 saturated heterocycles. The zero-order valence-corrected chi connectivity index (χ0v) is 10.7. The van der Waals surface area contributed by atoms with E-state index in [4.69, 9.17) is 9.84 Å². The van der Waals surface area contributed by atoms with Gasteiger partial charge in [0.15, 0.2) is 0 Å². The summed E-state index contributed by atoms with van der Waals surface area (Å²) in [4.78, 5) is 10.5. The fourth-order valence-electron chi connectivity index (χ4n) is 1.86. The monoisotopic (exact) mass is 236 g/mol. The zero-order valence-electron chi connectivity index (χ0n) is 10.7. The summed E-state index contributed by atoms with van der Waals surface area (Å²) in [6.45, 7) is 6.74. The SMILES string of the molecule is CCOc1ccc(CCCC(=O)O)c(C)c1C. The Morgan fingerprint density at radius 2 is 2.00 bits per heavy atom. The molecule has 0 fully saturated rings. The van der Waals surface area contributed by atoms with Gasteiger partial charge in [-0.25, -0.2) is 0 Å². The van der Waals surface area contributed by atoms with E-state index in [1.54, 1.807) is 0 Å². The maximum absolute atomic E-state index is 10.5. The minimum atomic E-state index is -0.731. The van der Waals surface area contributed by atoms with Crippen LogP contribution in [0.3, 0.4) is 0 Å². The Labute approximate surface area is 102 Å². The molecule has 0 aliphatic rings. The highest BCUT2D eigenvalue weighted by Gasteiger charge is 2.07. The van der Waals surface area contributed by atoms with Crippen LogP contribution in [0.25, 0.3) is 0 Å². The van der Waals surface area contributed by atoms with Crippen molar-refractivity contribution < 1.29 is 14.6 Å². The van der Waals surface area contributed by atoms with Crippen LogP contribution in [-0.4, -0.2) is 17.7 Å². The summed E-state index contributed by atoms with van der Waals surface area (Å²) in [6, 6.07) is 4.01. The maximum Gasteiger partial charge on any atom is 0.303 e. The molecule has 0 saturated carbocycles. The lowest BCUT2D eigenvalue weighted by Crippen LogP contribution is -2.00. The zero-order chi connectivity index (χ0) is 12.8. The van der Waals surface area contributed by atoms with Gasteiger partial charge in [-0.2, -0.15) is 0 Å². The summed E-state index contributed by atoms with van der Waals surface area (Å²) < 4.78 is 5.52. The van der Waals surface area contributed by atoms with Gasteiger partial charge in [-0.1, -0.05) is 6.07 Å². The van der Waals surface area contributed by atoms with Crippen molar-refractivity contribution in [1.82, 2.24) is 0 Å². The van der Waals surface area contributed by atoms with Gasteiger partial charge in [0.05, 0.1) is 6.61 Å². The highest BCUT2D eigenvalue weighted by atomic mass is 16.5. The van der Waals surface area contributed by atoms with E-state index in [0.29, 0.717) is 13.0 Å². The van der Waals surface area contributed by atoms with Crippen LogP contribution < -0.4 is 4.74 Å². The van der Waals surface area contributed by atoms with Crippen LogP contribution in [0.4, 0.5) is 0 Å². The lowest BCUT2D eigenvalue weighted by molar-refractivity contribution is -0.137. The van der Waals surface area contributed by atoms with Crippen LogP contribution in [0.1, 0.15) is 36.5 Å². The summed E-state index contributed by atoms with van der Waals surface area (Å²) in [6.07, 6.45) is 1.72. The maximum atomic E-state index is 10.5. The second-order valence-corrected chi connectivity index (χ2v) is 4.15. The smallest absolute Gasteiger partial charge is 0.303 e. The largest absolute Gasteiger partial charge is 0.494 e. The van der Waals surface area contributed by atoms with Crippen molar-refractivity contribution in [1.29, 1.82) is 0 Å². The third-order valence-electron chi connectivity index (χ3n) is 2.99. The predicted molar refractivity (Wildman–Crippen MR) is 67.7 cm³/mol.